The zero-order chi connectivity index (χ0) is 11.5. The molecule has 0 bridgehead atoms. The molecule has 1 aliphatic heterocycles. The highest BCUT2D eigenvalue weighted by Gasteiger charge is 2.13. The molecule has 0 radical (unpaired) electrons. The molecule has 0 spiro atoms. The number of nitrogens with zero attached hydrogens (tertiary/aromatic N) is 1. The Kier molecular flexibility index (Phi) is 3.01. The molecule has 1 aromatic rings. The molecule has 0 aromatic heterocycles. The Balaban J connectivity index is 2.32. The third kappa shape index (κ3) is 2.28. The van der Waals surface area contributed by atoms with Crippen molar-refractivity contribution >= 4 is 11.6 Å². The molecule has 0 saturated heterocycles. The maximum atomic E-state index is 13.0. The number of hydrogen-bond donors (Lipinski definition) is 1. The summed E-state index contributed by atoms with van der Waals surface area (Å²) in [6, 6.07) is 6.06. The number of benzene rings is 1. The zero-order valence-electron chi connectivity index (χ0n) is 8.98. The molecule has 2 rings (SSSR count). The molecule has 84 valence electrons. The van der Waals surface area contributed by atoms with Crippen molar-refractivity contribution in [2.24, 2.45) is 10.7 Å². The normalized spacial score (nSPS) is 17.2. The van der Waals surface area contributed by atoms with Gasteiger partial charge in [0.05, 0.1) is 11.7 Å². The van der Waals surface area contributed by atoms with Crippen LogP contribution in [0, 0.1) is 5.82 Å². The van der Waals surface area contributed by atoms with Gasteiger partial charge >= 0.3 is 0 Å². The minimum atomic E-state index is -0.276. The monoisotopic (exact) mass is 220 g/mol. The van der Waals surface area contributed by atoms with Gasteiger partial charge in [0.25, 0.3) is 0 Å². The van der Waals surface area contributed by atoms with Gasteiger partial charge in [-0.1, -0.05) is 12.1 Å². The van der Waals surface area contributed by atoms with Crippen molar-refractivity contribution in [3.63, 3.8) is 0 Å². The predicted octanol–water partition coefficient (Wildman–Crippen LogP) is 1.94. The van der Waals surface area contributed by atoms with Crippen molar-refractivity contribution < 1.29 is 9.13 Å². The molecule has 1 heterocycles. The van der Waals surface area contributed by atoms with Crippen LogP contribution >= 0.6 is 0 Å². The molecule has 2 N–H and O–H groups in total. The van der Waals surface area contributed by atoms with Crippen molar-refractivity contribution in [3.8, 4) is 0 Å². The second kappa shape index (κ2) is 4.45. The van der Waals surface area contributed by atoms with Gasteiger partial charge in [-0.15, -0.1) is 0 Å². The van der Waals surface area contributed by atoms with Gasteiger partial charge in [0.2, 0.25) is 5.90 Å². The number of nitrogens with two attached hydrogens (primary N) is 1. The van der Waals surface area contributed by atoms with Crippen LogP contribution < -0.4 is 5.73 Å². The number of halogens is 1. The van der Waals surface area contributed by atoms with Gasteiger partial charge < -0.3 is 10.5 Å². The number of rotatable bonds is 2. The van der Waals surface area contributed by atoms with Gasteiger partial charge in [-0.2, -0.15) is 0 Å². The SMILES string of the molecule is C[C@H](N)C1=NC(c2cccc(F)c2)=CCO1. The Bertz CT molecular complexity index is 452. The molecule has 0 amide bonds. The Hall–Kier alpha value is -1.68. The fourth-order valence-electron chi connectivity index (χ4n) is 1.47. The molecule has 1 atom stereocenters. The van der Waals surface area contributed by atoms with E-state index in [0.29, 0.717) is 18.2 Å². The van der Waals surface area contributed by atoms with Crippen LogP contribution in [0.5, 0.6) is 0 Å². The average molecular weight is 220 g/mol. The van der Waals surface area contributed by atoms with E-state index in [1.807, 2.05) is 6.07 Å². The first-order valence-electron chi connectivity index (χ1n) is 5.10. The Labute approximate surface area is 93.4 Å². The van der Waals surface area contributed by atoms with Crippen LogP contribution in [0.25, 0.3) is 5.70 Å². The molecular weight excluding hydrogens is 207 g/mol. The van der Waals surface area contributed by atoms with Crippen LogP contribution in [0.15, 0.2) is 35.3 Å². The first kappa shape index (κ1) is 10.8. The van der Waals surface area contributed by atoms with Crippen LogP contribution in [0.2, 0.25) is 0 Å². The minimum Gasteiger partial charge on any atom is -0.475 e. The molecule has 0 unspecified atom stereocenters. The highest BCUT2D eigenvalue weighted by atomic mass is 19.1. The third-order valence-electron chi connectivity index (χ3n) is 2.25. The van der Waals surface area contributed by atoms with Crippen LogP contribution in [-0.4, -0.2) is 18.5 Å². The summed E-state index contributed by atoms with van der Waals surface area (Å²) < 4.78 is 18.3. The topological polar surface area (TPSA) is 47.6 Å². The lowest BCUT2D eigenvalue weighted by atomic mass is 10.1. The average Bonchev–Trinajstić information content (AvgIpc) is 2.29. The molecule has 1 aromatic carbocycles. The van der Waals surface area contributed by atoms with Crippen molar-refractivity contribution in [1.82, 2.24) is 0 Å². The van der Waals surface area contributed by atoms with E-state index >= 15 is 0 Å². The lowest BCUT2D eigenvalue weighted by Gasteiger charge is -2.16. The number of hydrogen-bond acceptors (Lipinski definition) is 3. The quantitative estimate of drug-likeness (QED) is 0.828. The summed E-state index contributed by atoms with van der Waals surface area (Å²) in [4.78, 5) is 4.26. The van der Waals surface area contributed by atoms with E-state index in [4.69, 9.17) is 10.5 Å². The van der Waals surface area contributed by atoms with Crippen molar-refractivity contribution in [3.05, 3.63) is 41.7 Å². The Morgan fingerprint density at radius 3 is 3.00 bits per heavy atom. The molecular formula is C12H13FN2O. The van der Waals surface area contributed by atoms with Gasteiger partial charge in [0, 0.05) is 5.56 Å². The van der Waals surface area contributed by atoms with E-state index < -0.39 is 0 Å². The van der Waals surface area contributed by atoms with E-state index in [-0.39, 0.29) is 11.9 Å². The zero-order valence-corrected chi connectivity index (χ0v) is 8.98. The van der Waals surface area contributed by atoms with Crippen LogP contribution in [0.1, 0.15) is 12.5 Å². The second-order valence-corrected chi connectivity index (χ2v) is 3.65. The fraction of sp³-hybridized carbons (Fsp3) is 0.250. The lowest BCUT2D eigenvalue weighted by Crippen LogP contribution is -2.30. The van der Waals surface area contributed by atoms with Gasteiger partial charge in [-0.25, -0.2) is 9.38 Å². The predicted molar refractivity (Wildman–Crippen MR) is 61.4 cm³/mol. The second-order valence-electron chi connectivity index (χ2n) is 3.65. The summed E-state index contributed by atoms with van der Waals surface area (Å²) in [5, 5.41) is 0. The summed E-state index contributed by atoms with van der Waals surface area (Å²) in [5.41, 5.74) is 7.12. The first-order chi connectivity index (χ1) is 7.66. The number of aliphatic imine (C=N–C) groups is 1. The standard InChI is InChI=1S/C12H13FN2O/c1-8(14)12-15-11(5-6-16-12)9-3-2-4-10(13)7-9/h2-5,7-8H,6,14H2,1H3/t8-/m0/s1. The van der Waals surface area contributed by atoms with Gasteiger partial charge in [-0.3, -0.25) is 0 Å². The summed E-state index contributed by atoms with van der Waals surface area (Å²) in [5.74, 6) is 0.212. The van der Waals surface area contributed by atoms with Crippen molar-refractivity contribution in [2.45, 2.75) is 13.0 Å². The van der Waals surface area contributed by atoms with Crippen molar-refractivity contribution in [1.29, 1.82) is 0 Å². The third-order valence-corrected chi connectivity index (χ3v) is 2.25. The fourth-order valence-corrected chi connectivity index (χ4v) is 1.47. The summed E-state index contributed by atoms with van der Waals surface area (Å²) >= 11 is 0. The summed E-state index contributed by atoms with van der Waals surface area (Å²) in [6.07, 6.45) is 1.81. The maximum absolute atomic E-state index is 13.0. The molecule has 0 aliphatic carbocycles. The summed E-state index contributed by atoms with van der Waals surface area (Å²) in [6.45, 7) is 2.22. The van der Waals surface area contributed by atoms with E-state index in [1.165, 1.54) is 12.1 Å². The van der Waals surface area contributed by atoms with E-state index in [2.05, 4.69) is 4.99 Å². The lowest BCUT2D eigenvalue weighted by molar-refractivity contribution is 0.331. The van der Waals surface area contributed by atoms with E-state index in [0.717, 1.165) is 5.56 Å². The van der Waals surface area contributed by atoms with Crippen LogP contribution in [0.3, 0.4) is 0 Å². The first-order valence-corrected chi connectivity index (χ1v) is 5.10. The highest BCUT2D eigenvalue weighted by molar-refractivity contribution is 5.88. The molecule has 0 saturated carbocycles. The van der Waals surface area contributed by atoms with Gasteiger partial charge in [0.1, 0.15) is 12.4 Å². The Morgan fingerprint density at radius 2 is 2.31 bits per heavy atom. The van der Waals surface area contributed by atoms with E-state index in [1.54, 1.807) is 19.1 Å². The molecule has 1 aliphatic rings. The minimum absolute atomic E-state index is 0.253. The van der Waals surface area contributed by atoms with Crippen LogP contribution in [-0.2, 0) is 4.74 Å². The van der Waals surface area contributed by atoms with Crippen LogP contribution in [0.4, 0.5) is 4.39 Å². The summed E-state index contributed by atoms with van der Waals surface area (Å²) in [7, 11) is 0. The van der Waals surface area contributed by atoms with E-state index in [9.17, 15) is 4.39 Å². The number of ether oxygens (including phenoxy) is 1. The molecule has 3 nitrogen and oxygen atoms in total. The van der Waals surface area contributed by atoms with Gasteiger partial charge in [-0.05, 0) is 25.1 Å². The Morgan fingerprint density at radius 1 is 1.50 bits per heavy atom. The van der Waals surface area contributed by atoms with Crippen molar-refractivity contribution in [2.75, 3.05) is 6.61 Å². The molecule has 0 fully saturated rings. The van der Waals surface area contributed by atoms with Gasteiger partial charge in [0.15, 0.2) is 0 Å². The highest BCUT2D eigenvalue weighted by Crippen LogP contribution is 2.20. The maximum Gasteiger partial charge on any atom is 0.205 e. The molecule has 4 heteroatoms. The largest absolute Gasteiger partial charge is 0.475 e. The smallest absolute Gasteiger partial charge is 0.205 e. The molecule has 16 heavy (non-hydrogen) atoms.